The van der Waals surface area contributed by atoms with Gasteiger partial charge in [-0.15, -0.1) is 0 Å². The van der Waals surface area contributed by atoms with Gasteiger partial charge in [0.05, 0.1) is 0 Å². The summed E-state index contributed by atoms with van der Waals surface area (Å²) >= 11 is 0. The first-order valence-electron chi connectivity index (χ1n) is 8.05. The van der Waals surface area contributed by atoms with Crippen molar-refractivity contribution in [3.8, 4) is 0 Å². The Morgan fingerprint density at radius 2 is 1.90 bits per heavy atom. The minimum atomic E-state index is 0.320. The number of para-hydroxylation sites is 1. The van der Waals surface area contributed by atoms with Crippen LogP contribution in [0.2, 0.25) is 0 Å². The van der Waals surface area contributed by atoms with Gasteiger partial charge < -0.3 is 4.90 Å². The number of Topliss-reactive ketones (excluding diaryl/α,β-unsaturated/α-hetero) is 1. The van der Waals surface area contributed by atoms with E-state index in [-0.39, 0.29) is 0 Å². The summed E-state index contributed by atoms with van der Waals surface area (Å²) in [5.41, 5.74) is 2.12. The van der Waals surface area contributed by atoms with E-state index in [4.69, 9.17) is 0 Å². The molecule has 1 fully saturated rings. The van der Waals surface area contributed by atoms with Gasteiger partial charge >= 0.3 is 0 Å². The normalized spacial score (nSPS) is 30.8. The molecule has 20 heavy (non-hydrogen) atoms. The molecule has 1 aliphatic carbocycles. The van der Waals surface area contributed by atoms with Crippen molar-refractivity contribution in [2.75, 3.05) is 11.4 Å². The zero-order valence-corrected chi connectivity index (χ0v) is 12.6. The van der Waals surface area contributed by atoms with E-state index in [1.807, 2.05) is 12.1 Å². The molecule has 3 unspecified atom stereocenters. The summed E-state index contributed by atoms with van der Waals surface area (Å²) in [7, 11) is 0. The van der Waals surface area contributed by atoms with Crippen LogP contribution < -0.4 is 4.90 Å². The monoisotopic (exact) mass is 271 g/mol. The van der Waals surface area contributed by atoms with Gasteiger partial charge in [0.25, 0.3) is 0 Å². The Hall–Kier alpha value is -1.31. The molecule has 1 aromatic carbocycles. The summed E-state index contributed by atoms with van der Waals surface area (Å²) in [5.74, 6) is 1.95. The Kier molecular flexibility index (Phi) is 3.82. The molecule has 0 saturated heterocycles. The lowest BCUT2D eigenvalue weighted by atomic mass is 9.78. The highest BCUT2D eigenvalue weighted by atomic mass is 16.1. The molecule has 3 rings (SSSR count). The highest BCUT2D eigenvalue weighted by Crippen LogP contribution is 2.36. The minimum Gasteiger partial charge on any atom is -0.368 e. The van der Waals surface area contributed by atoms with Crippen LogP contribution in [0.3, 0.4) is 0 Å². The molecule has 3 atom stereocenters. The lowest BCUT2D eigenvalue weighted by molar-refractivity contribution is 0.0984. The van der Waals surface area contributed by atoms with Gasteiger partial charge in [0.15, 0.2) is 5.78 Å². The molecule has 2 nitrogen and oxygen atoms in total. The Balaban J connectivity index is 1.89. The third-order valence-corrected chi connectivity index (χ3v) is 5.33. The number of benzene rings is 1. The predicted octanol–water partition coefficient (Wildman–Crippen LogP) is 4.29. The zero-order chi connectivity index (χ0) is 14.1. The second kappa shape index (κ2) is 5.59. The molecule has 0 amide bonds. The summed E-state index contributed by atoms with van der Waals surface area (Å²) in [6, 6.07) is 8.82. The summed E-state index contributed by atoms with van der Waals surface area (Å²) in [5, 5.41) is 0. The molecule has 2 heteroatoms. The van der Waals surface area contributed by atoms with E-state index in [2.05, 4.69) is 30.9 Å². The topological polar surface area (TPSA) is 20.3 Å². The van der Waals surface area contributed by atoms with Gasteiger partial charge in [-0.25, -0.2) is 0 Å². The molecule has 1 heterocycles. The van der Waals surface area contributed by atoms with Crippen molar-refractivity contribution in [3.63, 3.8) is 0 Å². The van der Waals surface area contributed by atoms with Crippen LogP contribution in [0.5, 0.6) is 0 Å². The highest BCUT2D eigenvalue weighted by Gasteiger charge is 2.31. The maximum Gasteiger partial charge on any atom is 0.165 e. The lowest BCUT2D eigenvalue weighted by Gasteiger charge is -2.40. The van der Waals surface area contributed by atoms with E-state index < -0.39 is 0 Å². The van der Waals surface area contributed by atoms with Gasteiger partial charge in [0, 0.05) is 30.3 Å². The summed E-state index contributed by atoms with van der Waals surface area (Å²) < 4.78 is 0. The molecule has 0 spiro atoms. The van der Waals surface area contributed by atoms with Crippen LogP contribution in [-0.2, 0) is 0 Å². The first-order chi connectivity index (χ1) is 9.66. The molecular weight excluding hydrogens is 246 g/mol. The number of fused-ring (bicyclic) bond motifs is 1. The fourth-order valence-corrected chi connectivity index (χ4v) is 3.81. The van der Waals surface area contributed by atoms with Crippen molar-refractivity contribution < 1.29 is 4.79 Å². The Bertz CT molecular complexity index is 496. The summed E-state index contributed by atoms with van der Waals surface area (Å²) in [6.07, 6.45) is 5.55. The lowest BCUT2D eigenvalue weighted by Crippen LogP contribution is -2.41. The van der Waals surface area contributed by atoms with E-state index in [0.29, 0.717) is 18.2 Å². The molecule has 0 N–H and O–H groups in total. The van der Waals surface area contributed by atoms with E-state index >= 15 is 0 Å². The number of anilines is 1. The number of hydrogen-bond donors (Lipinski definition) is 0. The van der Waals surface area contributed by atoms with Gasteiger partial charge in [-0.3, -0.25) is 4.79 Å². The van der Waals surface area contributed by atoms with Crippen LogP contribution in [0.25, 0.3) is 0 Å². The Morgan fingerprint density at radius 3 is 2.70 bits per heavy atom. The number of nitrogens with zero attached hydrogens (tertiary/aromatic N) is 1. The van der Waals surface area contributed by atoms with E-state index in [1.54, 1.807) is 0 Å². The van der Waals surface area contributed by atoms with Gasteiger partial charge in [-0.1, -0.05) is 26.0 Å². The quantitative estimate of drug-likeness (QED) is 0.759. The first kappa shape index (κ1) is 13.7. The maximum absolute atomic E-state index is 12.2. The third-order valence-electron chi connectivity index (χ3n) is 5.33. The molecule has 2 aliphatic rings. The molecule has 1 aromatic rings. The number of carbonyl (C=O) groups excluding carboxylic acids is 1. The third kappa shape index (κ3) is 2.48. The van der Waals surface area contributed by atoms with Crippen LogP contribution in [0.1, 0.15) is 56.3 Å². The number of rotatable bonds is 1. The van der Waals surface area contributed by atoms with Gasteiger partial charge in [0.1, 0.15) is 0 Å². The van der Waals surface area contributed by atoms with Crippen LogP contribution >= 0.6 is 0 Å². The fourth-order valence-electron chi connectivity index (χ4n) is 3.81. The van der Waals surface area contributed by atoms with Crippen molar-refractivity contribution in [1.29, 1.82) is 0 Å². The summed E-state index contributed by atoms with van der Waals surface area (Å²) in [6.45, 7) is 5.79. The van der Waals surface area contributed by atoms with E-state index in [9.17, 15) is 4.79 Å². The van der Waals surface area contributed by atoms with Crippen molar-refractivity contribution in [1.82, 2.24) is 0 Å². The van der Waals surface area contributed by atoms with Gasteiger partial charge in [-0.05, 0) is 49.7 Å². The van der Waals surface area contributed by atoms with Crippen LogP contribution in [-0.4, -0.2) is 18.4 Å². The molecule has 108 valence electrons. The second-order valence-corrected chi connectivity index (χ2v) is 6.66. The van der Waals surface area contributed by atoms with Crippen molar-refractivity contribution in [2.45, 2.75) is 52.0 Å². The standard InChI is InChI=1S/C18H25NO/c1-13-9-10-15(12-14(13)2)19-11-5-8-18(20)16-6-3-4-7-17(16)19/h3-4,6-7,13-15H,5,8-12H2,1-2H3. The largest absolute Gasteiger partial charge is 0.368 e. The van der Waals surface area contributed by atoms with Crippen molar-refractivity contribution >= 4 is 11.5 Å². The number of hydrogen-bond acceptors (Lipinski definition) is 2. The number of ketones is 1. The molecule has 1 saturated carbocycles. The molecular formula is C18H25NO. The molecule has 0 radical (unpaired) electrons. The highest BCUT2D eigenvalue weighted by molar-refractivity contribution is 6.02. The molecule has 0 bridgehead atoms. The van der Waals surface area contributed by atoms with Gasteiger partial charge in [0.2, 0.25) is 0 Å². The Morgan fingerprint density at radius 1 is 1.10 bits per heavy atom. The number of carbonyl (C=O) groups is 1. The maximum atomic E-state index is 12.2. The first-order valence-corrected chi connectivity index (χ1v) is 8.05. The zero-order valence-electron chi connectivity index (χ0n) is 12.6. The average molecular weight is 271 g/mol. The predicted molar refractivity (Wildman–Crippen MR) is 83.3 cm³/mol. The van der Waals surface area contributed by atoms with Crippen LogP contribution in [0, 0.1) is 11.8 Å². The van der Waals surface area contributed by atoms with Crippen molar-refractivity contribution in [2.24, 2.45) is 11.8 Å². The smallest absolute Gasteiger partial charge is 0.165 e. The Labute approximate surface area is 122 Å². The van der Waals surface area contributed by atoms with Crippen LogP contribution in [0.4, 0.5) is 5.69 Å². The molecule has 1 aliphatic heterocycles. The average Bonchev–Trinajstić information content (AvgIpc) is 2.62. The van der Waals surface area contributed by atoms with E-state index in [0.717, 1.165) is 30.4 Å². The van der Waals surface area contributed by atoms with E-state index in [1.165, 1.54) is 24.9 Å². The van der Waals surface area contributed by atoms with Gasteiger partial charge in [-0.2, -0.15) is 0 Å². The molecule has 0 aromatic heterocycles. The van der Waals surface area contributed by atoms with Crippen LogP contribution in [0.15, 0.2) is 24.3 Å². The summed E-state index contributed by atoms with van der Waals surface area (Å²) in [4.78, 5) is 14.8. The minimum absolute atomic E-state index is 0.320. The fraction of sp³-hybridized carbons (Fsp3) is 0.611. The van der Waals surface area contributed by atoms with Crippen molar-refractivity contribution in [3.05, 3.63) is 29.8 Å². The second-order valence-electron chi connectivity index (χ2n) is 6.66. The SMILES string of the molecule is CC1CCC(N2CCCC(=O)c3ccccc32)CC1C.